The van der Waals surface area contributed by atoms with Crippen molar-refractivity contribution in [1.29, 1.82) is 0 Å². The molecule has 1 heterocycles. The van der Waals surface area contributed by atoms with E-state index in [2.05, 4.69) is 10.2 Å². The number of hydrogen-bond donors (Lipinski definition) is 2. The largest absolute Gasteiger partial charge is 0.497 e. The lowest BCUT2D eigenvalue weighted by atomic mass is 10.0. The normalized spacial score (nSPS) is 26.4. The molecule has 2 N–H and O–H groups in total. The van der Waals surface area contributed by atoms with Gasteiger partial charge in [-0.3, -0.25) is 9.69 Å². The summed E-state index contributed by atoms with van der Waals surface area (Å²) in [6.07, 6.45) is 2.43. The quantitative estimate of drug-likeness (QED) is 0.740. The van der Waals surface area contributed by atoms with Crippen molar-refractivity contribution >= 4 is 5.91 Å². The molecule has 2 aliphatic rings. The van der Waals surface area contributed by atoms with Gasteiger partial charge in [0.1, 0.15) is 29.5 Å². The van der Waals surface area contributed by atoms with Gasteiger partial charge < -0.3 is 19.9 Å². The second kappa shape index (κ2) is 9.66. The van der Waals surface area contributed by atoms with Crippen molar-refractivity contribution in [3.8, 4) is 11.5 Å². The van der Waals surface area contributed by atoms with E-state index in [4.69, 9.17) is 9.47 Å². The maximum Gasteiger partial charge on any atom is 0.251 e. The molecule has 4 atom stereocenters. The molecule has 166 valence electrons. The average molecular weight is 429 g/mol. The van der Waals surface area contributed by atoms with Gasteiger partial charge in [-0.15, -0.1) is 0 Å². The van der Waals surface area contributed by atoms with Crippen molar-refractivity contribution in [2.45, 2.75) is 50.0 Å². The number of hydrogen-bond acceptors (Lipinski definition) is 5. The summed E-state index contributed by atoms with van der Waals surface area (Å²) >= 11 is 0. The Morgan fingerprint density at radius 2 is 1.84 bits per heavy atom. The third-order valence-electron chi connectivity index (χ3n) is 6.19. The molecule has 1 aliphatic heterocycles. The highest BCUT2D eigenvalue weighted by molar-refractivity contribution is 5.94. The molecule has 2 aromatic rings. The summed E-state index contributed by atoms with van der Waals surface area (Å²) in [6, 6.07) is 12.3. The lowest BCUT2D eigenvalue weighted by Gasteiger charge is -2.37. The maximum absolute atomic E-state index is 13.6. The van der Waals surface area contributed by atoms with Gasteiger partial charge in [0.15, 0.2) is 0 Å². The Bertz CT molecular complexity index is 885. The fourth-order valence-corrected chi connectivity index (χ4v) is 4.65. The Morgan fingerprint density at radius 1 is 1.10 bits per heavy atom. The van der Waals surface area contributed by atoms with Crippen LogP contribution in [0.5, 0.6) is 11.5 Å². The number of aliphatic hydroxyl groups excluding tert-OH is 1. The molecule has 1 saturated carbocycles. The summed E-state index contributed by atoms with van der Waals surface area (Å²) < 4.78 is 24.7. The molecular formula is C24H29FN2O4. The summed E-state index contributed by atoms with van der Waals surface area (Å²) in [6.45, 7) is 1.76. The minimum atomic E-state index is -0.789. The van der Waals surface area contributed by atoms with E-state index in [0.29, 0.717) is 23.5 Å². The van der Waals surface area contributed by atoms with Crippen LogP contribution < -0.4 is 14.8 Å². The molecular weight excluding hydrogens is 399 g/mol. The van der Waals surface area contributed by atoms with Crippen LogP contribution in [0.15, 0.2) is 48.5 Å². The van der Waals surface area contributed by atoms with E-state index in [-0.39, 0.29) is 23.8 Å². The lowest BCUT2D eigenvalue weighted by molar-refractivity contribution is 0.00137. The number of aliphatic hydroxyl groups is 1. The second-order valence-electron chi connectivity index (χ2n) is 8.24. The molecule has 1 amide bonds. The standard InChI is InChI=1S/C24H29FN2O4/c1-30-18-10-8-16(9-11-18)24(29)26-20-15-21(31-19-7-5-6-17(25)14-19)23(28)22(20)27-12-3-2-4-13-27/h5-11,14,20-23,28H,2-4,12-13,15H2,1H3,(H,26,29)/t20-,21-,22+,23+/m1/s1. The predicted octanol–water partition coefficient (Wildman–Crippen LogP) is 3.00. The van der Waals surface area contributed by atoms with E-state index in [0.717, 1.165) is 25.9 Å². The minimum absolute atomic E-state index is 0.201. The van der Waals surface area contributed by atoms with Gasteiger partial charge >= 0.3 is 0 Å². The number of carbonyl (C=O) groups excluding carboxylic acids is 1. The van der Waals surface area contributed by atoms with E-state index in [9.17, 15) is 14.3 Å². The van der Waals surface area contributed by atoms with Crippen LogP contribution in [0, 0.1) is 5.82 Å². The molecule has 0 bridgehead atoms. The Balaban J connectivity index is 1.51. The predicted molar refractivity (Wildman–Crippen MR) is 115 cm³/mol. The number of ether oxygens (including phenoxy) is 2. The van der Waals surface area contributed by atoms with E-state index < -0.39 is 12.2 Å². The Labute approximate surface area is 182 Å². The number of likely N-dealkylation sites (tertiary alicyclic amines) is 1. The first-order valence-corrected chi connectivity index (χ1v) is 10.8. The third-order valence-corrected chi connectivity index (χ3v) is 6.19. The monoisotopic (exact) mass is 428 g/mol. The molecule has 0 spiro atoms. The highest BCUT2D eigenvalue weighted by Crippen LogP contribution is 2.31. The Hall–Kier alpha value is -2.64. The number of piperidine rings is 1. The molecule has 0 aromatic heterocycles. The summed E-state index contributed by atoms with van der Waals surface area (Å²) in [5, 5.41) is 14.2. The smallest absolute Gasteiger partial charge is 0.251 e. The van der Waals surface area contributed by atoms with E-state index in [1.54, 1.807) is 43.5 Å². The number of methoxy groups -OCH3 is 1. The van der Waals surface area contributed by atoms with Crippen molar-refractivity contribution in [2.75, 3.05) is 20.2 Å². The van der Waals surface area contributed by atoms with Gasteiger partial charge in [0.05, 0.1) is 19.2 Å². The number of benzene rings is 2. The number of nitrogens with one attached hydrogen (secondary N) is 1. The third kappa shape index (κ3) is 4.99. The van der Waals surface area contributed by atoms with Crippen LogP contribution in [0.4, 0.5) is 4.39 Å². The van der Waals surface area contributed by atoms with Crippen molar-refractivity contribution < 1.29 is 23.8 Å². The molecule has 4 rings (SSSR count). The molecule has 7 heteroatoms. The number of halogens is 1. The first-order chi connectivity index (χ1) is 15.0. The fraction of sp³-hybridized carbons (Fsp3) is 0.458. The van der Waals surface area contributed by atoms with E-state index >= 15 is 0 Å². The molecule has 6 nitrogen and oxygen atoms in total. The zero-order valence-electron chi connectivity index (χ0n) is 17.7. The summed E-state index contributed by atoms with van der Waals surface area (Å²) in [7, 11) is 1.58. The zero-order valence-corrected chi connectivity index (χ0v) is 17.7. The summed E-state index contributed by atoms with van der Waals surface area (Å²) in [5.41, 5.74) is 0.530. The zero-order chi connectivity index (χ0) is 21.8. The van der Waals surface area contributed by atoms with Gasteiger partial charge in [-0.25, -0.2) is 4.39 Å². The molecule has 0 radical (unpaired) electrons. The summed E-state index contributed by atoms with van der Waals surface area (Å²) in [5.74, 6) is 0.473. The van der Waals surface area contributed by atoms with Crippen LogP contribution >= 0.6 is 0 Å². The van der Waals surface area contributed by atoms with Crippen LogP contribution in [-0.4, -0.2) is 60.4 Å². The van der Waals surface area contributed by atoms with Crippen molar-refractivity contribution in [3.05, 3.63) is 59.9 Å². The van der Waals surface area contributed by atoms with Gasteiger partial charge in [-0.2, -0.15) is 0 Å². The number of amides is 1. The van der Waals surface area contributed by atoms with Crippen molar-refractivity contribution in [3.63, 3.8) is 0 Å². The van der Waals surface area contributed by atoms with E-state index in [1.165, 1.54) is 18.6 Å². The van der Waals surface area contributed by atoms with Crippen molar-refractivity contribution in [1.82, 2.24) is 10.2 Å². The molecule has 1 aliphatic carbocycles. The van der Waals surface area contributed by atoms with E-state index in [1.807, 2.05) is 0 Å². The molecule has 2 fully saturated rings. The van der Waals surface area contributed by atoms with Gasteiger partial charge in [-0.1, -0.05) is 12.5 Å². The maximum atomic E-state index is 13.6. The fourth-order valence-electron chi connectivity index (χ4n) is 4.65. The van der Waals surface area contributed by atoms with Crippen LogP contribution in [0.25, 0.3) is 0 Å². The van der Waals surface area contributed by atoms with Gasteiger partial charge in [0, 0.05) is 18.1 Å². The van der Waals surface area contributed by atoms with Crippen molar-refractivity contribution in [2.24, 2.45) is 0 Å². The first-order valence-electron chi connectivity index (χ1n) is 10.8. The SMILES string of the molecule is COc1ccc(C(=O)N[C@@H]2C[C@@H](Oc3cccc(F)c3)[C@H](O)[C@H]2N2CCCCC2)cc1. The van der Waals surface area contributed by atoms with Gasteiger partial charge in [0.25, 0.3) is 5.91 Å². The lowest BCUT2D eigenvalue weighted by Crippen LogP contribution is -2.54. The first kappa shape index (κ1) is 21.6. The van der Waals surface area contributed by atoms with Crippen LogP contribution in [0.2, 0.25) is 0 Å². The molecule has 0 unspecified atom stereocenters. The van der Waals surface area contributed by atoms with Crippen LogP contribution in [-0.2, 0) is 0 Å². The highest BCUT2D eigenvalue weighted by atomic mass is 19.1. The number of carbonyl (C=O) groups is 1. The average Bonchev–Trinajstić information content (AvgIpc) is 3.08. The van der Waals surface area contributed by atoms with Crippen LogP contribution in [0.3, 0.4) is 0 Å². The second-order valence-corrected chi connectivity index (χ2v) is 8.24. The molecule has 31 heavy (non-hydrogen) atoms. The number of rotatable bonds is 6. The van der Waals surface area contributed by atoms with Crippen LogP contribution in [0.1, 0.15) is 36.0 Å². The molecule has 2 aromatic carbocycles. The number of nitrogens with zero attached hydrogens (tertiary/aromatic N) is 1. The minimum Gasteiger partial charge on any atom is -0.497 e. The Morgan fingerprint density at radius 3 is 2.52 bits per heavy atom. The molecule has 1 saturated heterocycles. The highest BCUT2D eigenvalue weighted by Gasteiger charge is 2.47. The van der Waals surface area contributed by atoms with Gasteiger partial charge in [-0.05, 0) is 62.3 Å². The van der Waals surface area contributed by atoms with Gasteiger partial charge in [0.2, 0.25) is 0 Å². The topological polar surface area (TPSA) is 71.0 Å². The Kier molecular flexibility index (Phi) is 6.73. The summed E-state index contributed by atoms with van der Waals surface area (Å²) in [4.78, 5) is 15.2.